The third-order valence-electron chi connectivity index (χ3n) is 15.3. The Bertz CT molecular complexity index is 3220. The molecule has 4 saturated carbocycles. The molecule has 82 heavy (non-hydrogen) atoms. The van der Waals surface area contributed by atoms with E-state index in [1.165, 1.54) is 69.4 Å². The monoisotopic (exact) mass is 1130 g/mol. The minimum absolute atomic E-state index is 0.0550. The minimum Gasteiger partial charge on any atom is -0.574 e. The van der Waals surface area contributed by atoms with E-state index in [1.54, 1.807) is 13.8 Å². The van der Waals surface area contributed by atoms with Gasteiger partial charge in [0.15, 0.2) is 17.4 Å². The third kappa shape index (κ3) is 11.3. The van der Waals surface area contributed by atoms with Crippen LogP contribution in [0.1, 0.15) is 112 Å². The summed E-state index contributed by atoms with van der Waals surface area (Å²) in [5, 5.41) is 38.3. The van der Waals surface area contributed by atoms with Gasteiger partial charge in [-0.05, 0) is 96.8 Å². The Morgan fingerprint density at radius 2 is 0.585 bits per heavy atom. The maximum Gasteiger partial charge on any atom is 0.348 e. The first kappa shape index (κ1) is 56.2. The molecular formula is C58H53O24-3. The summed E-state index contributed by atoms with van der Waals surface area (Å²) in [7, 11) is 0. The van der Waals surface area contributed by atoms with Gasteiger partial charge in [-0.25, -0.2) is 43.2 Å². The lowest BCUT2D eigenvalue weighted by Crippen LogP contribution is -2.56. The second-order valence-corrected chi connectivity index (χ2v) is 21.6. The van der Waals surface area contributed by atoms with Crippen LogP contribution in [0.4, 0.5) is 0 Å². The van der Waals surface area contributed by atoms with E-state index in [1.807, 2.05) is 0 Å². The van der Waals surface area contributed by atoms with Crippen LogP contribution in [0.2, 0.25) is 0 Å². The molecule has 4 spiro atoms. The van der Waals surface area contributed by atoms with Crippen molar-refractivity contribution in [3.8, 4) is 0 Å². The second kappa shape index (κ2) is 20.8. The summed E-state index contributed by atoms with van der Waals surface area (Å²) in [6.45, 7) is 7.77. The summed E-state index contributed by atoms with van der Waals surface area (Å²) >= 11 is 0. The van der Waals surface area contributed by atoms with Crippen LogP contribution in [0.25, 0.3) is 0 Å². The average molecular weight is 1130 g/mol. The molecule has 0 amide bonds. The predicted octanol–water partition coefficient (Wildman–Crippen LogP) is 3.19. The van der Waals surface area contributed by atoms with Gasteiger partial charge in [0.25, 0.3) is 17.4 Å². The zero-order chi connectivity index (χ0) is 58.7. The fourth-order valence-electron chi connectivity index (χ4n) is 10.0. The fourth-order valence-corrected chi connectivity index (χ4v) is 10.0. The molecule has 0 bridgehead atoms. The molecule has 0 N–H and O–H groups in total. The highest BCUT2D eigenvalue weighted by molar-refractivity contribution is 6.17. The Kier molecular flexibility index (Phi) is 14.2. The number of carbonyl (C=O) groups excluding carboxylic acids is 9. The molecule has 10 rings (SSSR count). The lowest BCUT2D eigenvalue weighted by Gasteiger charge is -2.50. The van der Waals surface area contributed by atoms with Crippen LogP contribution in [0.15, 0.2) is 141 Å². The number of rotatable bonds is 11. The van der Waals surface area contributed by atoms with Crippen LogP contribution in [0.5, 0.6) is 0 Å². The molecule has 0 aromatic carbocycles. The number of hydrogen-bond acceptors (Lipinski definition) is 24. The first-order valence-electron chi connectivity index (χ1n) is 26.4. The summed E-state index contributed by atoms with van der Waals surface area (Å²) in [6.07, 6.45) is 16.5. The summed E-state index contributed by atoms with van der Waals surface area (Å²) in [5.41, 5.74) is -1.37. The quantitative estimate of drug-likeness (QED) is 0.0942. The van der Waals surface area contributed by atoms with Crippen LogP contribution in [0.3, 0.4) is 0 Å². The molecule has 6 aliphatic heterocycles. The van der Waals surface area contributed by atoms with Gasteiger partial charge in [-0.3, -0.25) is 0 Å². The van der Waals surface area contributed by atoms with E-state index < -0.39 is 129 Å². The molecule has 432 valence electrons. The zero-order valence-corrected chi connectivity index (χ0v) is 44.9. The van der Waals surface area contributed by atoms with Crippen molar-refractivity contribution in [3.05, 3.63) is 141 Å². The van der Waals surface area contributed by atoms with E-state index in [4.69, 9.17) is 56.8 Å². The van der Waals surface area contributed by atoms with Gasteiger partial charge >= 0.3 is 53.7 Å². The maximum absolute atomic E-state index is 13.2. The number of ether oxygens (including phenoxy) is 12. The average Bonchev–Trinajstić information content (AvgIpc) is 4.38. The van der Waals surface area contributed by atoms with Crippen molar-refractivity contribution in [1.82, 2.24) is 0 Å². The van der Waals surface area contributed by atoms with E-state index in [0.717, 1.165) is 50.0 Å². The Hall–Kier alpha value is -9.09. The first-order chi connectivity index (χ1) is 38.7. The first-order valence-corrected chi connectivity index (χ1v) is 26.4. The van der Waals surface area contributed by atoms with Gasteiger partial charge in [-0.1, -0.05) is 53.2 Å². The molecule has 0 aromatic heterocycles. The SMILES string of the molecule is CC(/C=C/C1=C([O-])OC2(CCC3(CC2)OC(=O)C(=C/C=C(C)/C=C/C2=C([O-])OC(C)(C4CC4)OC2=O)C(=O)O3)OC1=O)=C\C=C1C(=O)OC2(CCC3(CC2)OC(=O)C(=C/C=C(C)/C=C/C2=C([O-])OC(C)(C4CC4)OC2=O)C(=O)O3)OC1=O. The van der Waals surface area contributed by atoms with Crippen LogP contribution >= 0.6 is 0 Å². The summed E-state index contributed by atoms with van der Waals surface area (Å²) in [4.78, 5) is 117. The Labute approximate surface area is 466 Å². The number of carbonyl (C=O) groups is 9. The molecule has 3 saturated heterocycles. The van der Waals surface area contributed by atoms with Gasteiger partial charge in [0.05, 0.1) is 34.6 Å². The summed E-state index contributed by atoms with van der Waals surface area (Å²) in [6, 6.07) is 0. The highest BCUT2D eigenvalue weighted by Crippen LogP contribution is 2.49. The molecular weight excluding hydrogens is 1080 g/mol. The molecule has 7 fully saturated rings. The van der Waals surface area contributed by atoms with Crippen LogP contribution in [-0.4, -0.2) is 88.4 Å². The topological polar surface area (TPSA) is 334 Å². The van der Waals surface area contributed by atoms with Crippen LogP contribution in [0, 0.1) is 11.8 Å². The van der Waals surface area contributed by atoms with E-state index in [2.05, 4.69) is 0 Å². The van der Waals surface area contributed by atoms with Crippen molar-refractivity contribution in [1.29, 1.82) is 0 Å². The second-order valence-electron chi connectivity index (χ2n) is 21.6. The van der Waals surface area contributed by atoms with Crippen molar-refractivity contribution in [2.24, 2.45) is 11.8 Å². The van der Waals surface area contributed by atoms with Crippen molar-refractivity contribution in [3.63, 3.8) is 0 Å². The van der Waals surface area contributed by atoms with Crippen molar-refractivity contribution in [2.75, 3.05) is 0 Å². The fraction of sp³-hybridized carbons (Fsp3) is 0.431. The van der Waals surface area contributed by atoms with Crippen molar-refractivity contribution < 1.29 is 115 Å². The lowest BCUT2D eigenvalue weighted by molar-refractivity contribution is -0.406. The zero-order valence-electron chi connectivity index (χ0n) is 44.9. The molecule has 6 heterocycles. The molecule has 24 heteroatoms. The summed E-state index contributed by atoms with van der Waals surface area (Å²) < 4.78 is 66.1. The van der Waals surface area contributed by atoms with Crippen LogP contribution in [-0.2, 0) is 100.0 Å². The normalized spacial score (nSPS) is 33.0. The van der Waals surface area contributed by atoms with Gasteiger partial charge < -0.3 is 72.2 Å². The lowest BCUT2D eigenvalue weighted by atomic mass is 9.87. The van der Waals surface area contributed by atoms with E-state index in [0.29, 0.717) is 16.7 Å². The number of hydrogen-bond donors (Lipinski definition) is 0. The standard InChI is InChI=1S/C58H56O24/c1-30(6-16-35-41(59)71-53(4,33-12-13-33)72-42(35)60)8-18-37-45(63)75-55(76-46(37)64)22-26-57(27-23-55)79-49(67)39(50(68)80-57)20-10-32(3)11-21-40-51(69)81-58(82-52(40)70)28-24-56(25-29-58)77-47(65)38(48(66)78-56)19-9-31(2)7-17-36-43(61)73-54(5,34-14-15-34)74-44(36)62/h6-11,16-21,33-34,59,61,67H,12-15,22-29H2,1-5H3/p-3/b16-6+,17-7+,20-10+,30-8+,31-9+,32-11+,37-18?,38-19?,40-21?. The van der Waals surface area contributed by atoms with Crippen molar-refractivity contribution in [2.45, 2.75) is 146 Å². The van der Waals surface area contributed by atoms with Gasteiger partial charge in [0.1, 0.15) is 16.7 Å². The maximum atomic E-state index is 13.2. The van der Waals surface area contributed by atoms with E-state index in [-0.39, 0.29) is 74.3 Å². The molecule has 0 radical (unpaired) electrons. The largest absolute Gasteiger partial charge is 0.574 e. The van der Waals surface area contributed by atoms with E-state index in [9.17, 15) is 58.5 Å². The van der Waals surface area contributed by atoms with E-state index >= 15 is 0 Å². The molecule has 0 aromatic rings. The van der Waals surface area contributed by atoms with Gasteiger partial charge in [-0.15, -0.1) is 0 Å². The number of allylic oxidation sites excluding steroid dienone is 12. The van der Waals surface area contributed by atoms with Gasteiger partial charge in [0.2, 0.25) is 0 Å². The molecule has 2 atom stereocenters. The Balaban J connectivity index is 0.688. The Morgan fingerprint density at radius 1 is 0.354 bits per heavy atom. The van der Waals surface area contributed by atoms with Gasteiger partial charge in [-0.2, -0.15) is 0 Å². The minimum atomic E-state index is -1.77. The molecule has 4 aliphatic carbocycles. The smallest absolute Gasteiger partial charge is 0.348 e. The van der Waals surface area contributed by atoms with Crippen LogP contribution < -0.4 is 15.3 Å². The summed E-state index contributed by atoms with van der Waals surface area (Å²) in [5.74, 6) is -21.3. The third-order valence-corrected chi connectivity index (χ3v) is 15.3. The molecule has 2 unspecified atom stereocenters. The Morgan fingerprint density at radius 3 is 0.829 bits per heavy atom. The van der Waals surface area contributed by atoms with Crippen molar-refractivity contribution >= 4 is 53.7 Å². The highest BCUT2D eigenvalue weighted by atomic mass is 16.8. The number of cyclic esters (lactones) is 2. The number of esters is 9. The molecule has 10 aliphatic rings. The predicted molar refractivity (Wildman–Crippen MR) is 262 cm³/mol. The molecule has 24 nitrogen and oxygen atoms in total. The van der Waals surface area contributed by atoms with Gasteiger partial charge in [0, 0.05) is 63.2 Å². The highest BCUT2D eigenvalue weighted by Gasteiger charge is 2.58.